The van der Waals surface area contributed by atoms with Gasteiger partial charge in [-0.25, -0.2) is 4.79 Å². The highest BCUT2D eigenvalue weighted by Gasteiger charge is 2.41. The fourth-order valence-electron chi connectivity index (χ4n) is 2.58. The summed E-state index contributed by atoms with van der Waals surface area (Å²) in [7, 11) is 1.82. The summed E-state index contributed by atoms with van der Waals surface area (Å²) in [6.45, 7) is 5.88. The monoisotopic (exact) mass is 270 g/mol. The van der Waals surface area contributed by atoms with Crippen LogP contribution in [0.25, 0.3) is 0 Å². The van der Waals surface area contributed by atoms with Gasteiger partial charge in [-0.15, -0.1) is 0 Å². The van der Waals surface area contributed by atoms with E-state index in [0.717, 1.165) is 19.4 Å². The van der Waals surface area contributed by atoms with Crippen molar-refractivity contribution in [3.8, 4) is 0 Å². The predicted octanol–water partition coefficient (Wildman–Crippen LogP) is 2.42. The molecule has 5 heteroatoms. The van der Waals surface area contributed by atoms with Crippen molar-refractivity contribution in [3.05, 3.63) is 0 Å². The number of carbonyl (C=O) groups is 2. The Morgan fingerprint density at radius 1 is 1.26 bits per heavy atom. The van der Waals surface area contributed by atoms with Crippen molar-refractivity contribution in [2.45, 2.75) is 46.0 Å². The first kappa shape index (κ1) is 15.8. The summed E-state index contributed by atoms with van der Waals surface area (Å²) in [5.74, 6) is -0.721. The lowest BCUT2D eigenvalue weighted by Crippen LogP contribution is -2.50. The lowest BCUT2D eigenvalue weighted by atomic mass is 9.76. The summed E-state index contributed by atoms with van der Waals surface area (Å²) in [6, 6.07) is 0.0311. The SMILES string of the molecule is CCCCN(C)C(=O)N1CCC(CC)(C(=O)O)CC1. The first-order valence-corrected chi connectivity index (χ1v) is 7.20. The minimum absolute atomic E-state index is 0.0311. The molecule has 0 aromatic carbocycles. The lowest BCUT2D eigenvalue weighted by molar-refractivity contribution is -0.152. The second kappa shape index (κ2) is 6.78. The molecule has 2 amide bonds. The number of amides is 2. The molecule has 0 aromatic rings. The number of hydrogen-bond acceptors (Lipinski definition) is 2. The van der Waals surface area contributed by atoms with Crippen molar-refractivity contribution in [2.24, 2.45) is 5.41 Å². The molecule has 1 rings (SSSR count). The van der Waals surface area contributed by atoms with Crippen LogP contribution >= 0.6 is 0 Å². The van der Waals surface area contributed by atoms with Crippen molar-refractivity contribution in [1.82, 2.24) is 9.80 Å². The Bertz CT molecular complexity index is 323. The minimum Gasteiger partial charge on any atom is -0.481 e. The molecule has 1 N–H and O–H groups in total. The normalized spacial score (nSPS) is 18.2. The van der Waals surface area contributed by atoms with Crippen LogP contribution in [0.3, 0.4) is 0 Å². The Labute approximate surface area is 115 Å². The molecule has 1 aliphatic heterocycles. The third-order valence-corrected chi connectivity index (χ3v) is 4.30. The van der Waals surface area contributed by atoms with E-state index < -0.39 is 11.4 Å². The van der Waals surface area contributed by atoms with Gasteiger partial charge in [-0.05, 0) is 25.7 Å². The van der Waals surface area contributed by atoms with Crippen molar-refractivity contribution < 1.29 is 14.7 Å². The van der Waals surface area contributed by atoms with E-state index >= 15 is 0 Å². The van der Waals surface area contributed by atoms with Gasteiger partial charge in [0.25, 0.3) is 0 Å². The Hall–Kier alpha value is -1.26. The first-order chi connectivity index (χ1) is 8.96. The lowest BCUT2D eigenvalue weighted by Gasteiger charge is -2.39. The van der Waals surface area contributed by atoms with Crippen LogP contribution in [0.2, 0.25) is 0 Å². The maximum absolute atomic E-state index is 12.2. The predicted molar refractivity (Wildman–Crippen MR) is 74.1 cm³/mol. The zero-order valence-corrected chi connectivity index (χ0v) is 12.3. The molecule has 0 aliphatic carbocycles. The Morgan fingerprint density at radius 2 is 1.84 bits per heavy atom. The Morgan fingerprint density at radius 3 is 2.26 bits per heavy atom. The number of rotatable bonds is 5. The number of unbranched alkanes of at least 4 members (excludes halogenated alkanes) is 1. The number of likely N-dealkylation sites (tertiary alicyclic amines) is 1. The standard InChI is InChI=1S/C14H26N2O3/c1-4-6-9-15(3)13(19)16-10-7-14(5-2,8-11-16)12(17)18/h4-11H2,1-3H3,(H,17,18). The molecule has 1 fully saturated rings. The molecule has 0 atom stereocenters. The second-order valence-corrected chi connectivity index (χ2v) is 5.48. The quantitative estimate of drug-likeness (QED) is 0.834. The number of hydrogen-bond donors (Lipinski definition) is 1. The van der Waals surface area contributed by atoms with Gasteiger partial charge in [0, 0.05) is 26.7 Å². The number of aliphatic carboxylic acids is 1. The van der Waals surface area contributed by atoms with Gasteiger partial charge >= 0.3 is 12.0 Å². The Kier molecular flexibility index (Phi) is 5.63. The smallest absolute Gasteiger partial charge is 0.319 e. The number of carbonyl (C=O) groups excluding carboxylic acids is 1. The maximum Gasteiger partial charge on any atom is 0.319 e. The van der Waals surface area contributed by atoms with Crippen molar-refractivity contribution in [3.63, 3.8) is 0 Å². The van der Waals surface area contributed by atoms with E-state index in [-0.39, 0.29) is 6.03 Å². The van der Waals surface area contributed by atoms with Gasteiger partial charge < -0.3 is 14.9 Å². The first-order valence-electron chi connectivity index (χ1n) is 7.20. The summed E-state index contributed by atoms with van der Waals surface area (Å²) < 4.78 is 0. The van der Waals surface area contributed by atoms with Crippen LogP contribution in [0.15, 0.2) is 0 Å². The molecule has 0 aromatic heterocycles. The van der Waals surface area contributed by atoms with Crippen LogP contribution in [-0.4, -0.2) is 53.6 Å². The molecule has 0 radical (unpaired) electrons. The highest BCUT2D eigenvalue weighted by atomic mass is 16.4. The second-order valence-electron chi connectivity index (χ2n) is 5.48. The van der Waals surface area contributed by atoms with Gasteiger partial charge in [0.05, 0.1) is 5.41 Å². The molecular weight excluding hydrogens is 244 g/mol. The van der Waals surface area contributed by atoms with Crippen LogP contribution in [0, 0.1) is 5.41 Å². The van der Waals surface area contributed by atoms with Gasteiger partial charge in [-0.2, -0.15) is 0 Å². The molecule has 0 saturated carbocycles. The summed E-state index contributed by atoms with van der Waals surface area (Å²) >= 11 is 0. The molecule has 0 bridgehead atoms. The molecule has 0 unspecified atom stereocenters. The molecule has 1 heterocycles. The maximum atomic E-state index is 12.2. The molecule has 0 spiro atoms. The summed E-state index contributed by atoms with van der Waals surface area (Å²) in [5.41, 5.74) is -0.626. The molecule has 1 aliphatic rings. The van der Waals surface area contributed by atoms with Crippen molar-refractivity contribution in [2.75, 3.05) is 26.7 Å². The summed E-state index contributed by atoms with van der Waals surface area (Å²) in [5, 5.41) is 9.33. The average molecular weight is 270 g/mol. The van der Waals surface area contributed by atoms with Crippen molar-refractivity contribution in [1.29, 1.82) is 0 Å². The number of nitrogens with zero attached hydrogens (tertiary/aromatic N) is 2. The van der Waals surface area contributed by atoms with E-state index in [1.807, 2.05) is 14.0 Å². The zero-order valence-electron chi connectivity index (χ0n) is 12.3. The van der Waals surface area contributed by atoms with Crippen LogP contribution in [0.5, 0.6) is 0 Å². The van der Waals surface area contributed by atoms with Crippen LogP contribution in [0.1, 0.15) is 46.0 Å². The Balaban J connectivity index is 2.53. The van der Waals surface area contributed by atoms with Crippen molar-refractivity contribution >= 4 is 12.0 Å². The largest absolute Gasteiger partial charge is 0.481 e. The zero-order chi connectivity index (χ0) is 14.5. The van der Waals surface area contributed by atoms with Gasteiger partial charge in [0.1, 0.15) is 0 Å². The van der Waals surface area contributed by atoms with E-state index in [4.69, 9.17) is 0 Å². The number of carboxylic acid groups (broad SMARTS) is 1. The van der Waals surface area contributed by atoms with E-state index in [2.05, 4.69) is 6.92 Å². The molecule has 19 heavy (non-hydrogen) atoms. The highest BCUT2D eigenvalue weighted by Crippen LogP contribution is 2.35. The molecule has 1 saturated heterocycles. The van der Waals surface area contributed by atoms with E-state index in [1.54, 1.807) is 9.80 Å². The number of urea groups is 1. The highest BCUT2D eigenvalue weighted by molar-refractivity contribution is 5.77. The van der Waals surface area contributed by atoms with Crippen LogP contribution < -0.4 is 0 Å². The third kappa shape index (κ3) is 3.61. The fourth-order valence-corrected chi connectivity index (χ4v) is 2.58. The fraction of sp³-hybridized carbons (Fsp3) is 0.857. The topological polar surface area (TPSA) is 60.9 Å². The number of carboxylic acids is 1. The minimum atomic E-state index is -0.721. The van der Waals surface area contributed by atoms with Gasteiger partial charge in [-0.3, -0.25) is 4.79 Å². The van der Waals surface area contributed by atoms with Crippen LogP contribution in [-0.2, 0) is 4.79 Å². The van der Waals surface area contributed by atoms with Gasteiger partial charge in [-0.1, -0.05) is 20.3 Å². The molecule has 5 nitrogen and oxygen atoms in total. The molecule has 110 valence electrons. The van der Waals surface area contributed by atoms with Gasteiger partial charge in [0.2, 0.25) is 0 Å². The summed E-state index contributed by atoms with van der Waals surface area (Å²) in [4.78, 5) is 27.0. The van der Waals surface area contributed by atoms with E-state index in [0.29, 0.717) is 32.4 Å². The third-order valence-electron chi connectivity index (χ3n) is 4.30. The number of piperidine rings is 1. The van der Waals surface area contributed by atoms with Crippen LogP contribution in [0.4, 0.5) is 4.79 Å². The van der Waals surface area contributed by atoms with Gasteiger partial charge in [0.15, 0.2) is 0 Å². The molecular formula is C14H26N2O3. The summed E-state index contributed by atoms with van der Waals surface area (Å²) in [6.07, 6.45) is 3.83. The average Bonchev–Trinajstić information content (AvgIpc) is 2.43. The van der Waals surface area contributed by atoms with E-state index in [1.165, 1.54) is 0 Å². The van der Waals surface area contributed by atoms with E-state index in [9.17, 15) is 14.7 Å².